The van der Waals surface area contributed by atoms with Crippen LogP contribution in [-0.4, -0.2) is 10.5 Å². The number of amides is 1. The Hall–Kier alpha value is -3.32. The summed E-state index contributed by atoms with van der Waals surface area (Å²) in [6, 6.07) is 20.5. The lowest BCUT2D eigenvalue weighted by Gasteiger charge is -2.10. The van der Waals surface area contributed by atoms with E-state index < -0.39 is 0 Å². The molecule has 1 N–H and O–H groups in total. The van der Waals surface area contributed by atoms with Gasteiger partial charge in [-0.2, -0.15) is 5.26 Å². The maximum absolute atomic E-state index is 12.3. The van der Waals surface area contributed by atoms with Crippen molar-refractivity contribution < 1.29 is 4.79 Å². The van der Waals surface area contributed by atoms with Crippen molar-refractivity contribution in [2.45, 2.75) is 13.8 Å². The number of carbonyl (C=O) groups excluding carboxylic acids is 1. The Bertz CT molecular complexity index is 911. The number of nitrogens with zero attached hydrogens (tertiary/aromatic N) is 2. The maximum Gasteiger partial charge on any atom is 0.255 e. The lowest BCUT2D eigenvalue weighted by atomic mass is 10.1. The predicted octanol–water partition coefficient (Wildman–Crippen LogP) is 4.22. The van der Waals surface area contributed by atoms with Gasteiger partial charge in [0.2, 0.25) is 0 Å². The number of anilines is 1. The van der Waals surface area contributed by atoms with Gasteiger partial charge in [-0.15, -0.1) is 0 Å². The van der Waals surface area contributed by atoms with Crippen LogP contribution in [0.5, 0.6) is 0 Å². The van der Waals surface area contributed by atoms with Gasteiger partial charge < -0.3 is 9.88 Å². The molecule has 118 valence electrons. The van der Waals surface area contributed by atoms with Gasteiger partial charge in [0, 0.05) is 28.3 Å². The summed E-state index contributed by atoms with van der Waals surface area (Å²) < 4.78 is 2.14. The van der Waals surface area contributed by atoms with Gasteiger partial charge in [-0.3, -0.25) is 4.79 Å². The molecule has 0 fully saturated rings. The van der Waals surface area contributed by atoms with Crippen molar-refractivity contribution in [3.63, 3.8) is 0 Å². The van der Waals surface area contributed by atoms with E-state index in [1.807, 2.05) is 12.1 Å². The maximum atomic E-state index is 12.3. The van der Waals surface area contributed by atoms with E-state index in [4.69, 9.17) is 5.26 Å². The lowest BCUT2D eigenvalue weighted by Crippen LogP contribution is -2.12. The molecule has 24 heavy (non-hydrogen) atoms. The summed E-state index contributed by atoms with van der Waals surface area (Å²) in [6.45, 7) is 4.10. The van der Waals surface area contributed by atoms with E-state index in [-0.39, 0.29) is 5.91 Å². The van der Waals surface area contributed by atoms with E-state index >= 15 is 0 Å². The molecule has 0 aliphatic heterocycles. The van der Waals surface area contributed by atoms with Gasteiger partial charge in [0.05, 0.1) is 11.6 Å². The lowest BCUT2D eigenvalue weighted by molar-refractivity contribution is 0.102. The third-order valence-corrected chi connectivity index (χ3v) is 3.91. The van der Waals surface area contributed by atoms with Crippen molar-refractivity contribution in [3.8, 4) is 11.8 Å². The molecular weight excluding hydrogens is 298 g/mol. The zero-order valence-electron chi connectivity index (χ0n) is 13.6. The summed E-state index contributed by atoms with van der Waals surface area (Å²) in [5.74, 6) is -0.197. The number of hydrogen-bond acceptors (Lipinski definition) is 2. The highest BCUT2D eigenvalue weighted by Crippen LogP contribution is 2.18. The molecule has 0 saturated carbocycles. The Morgan fingerprint density at radius 2 is 1.67 bits per heavy atom. The average molecular weight is 315 g/mol. The zero-order chi connectivity index (χ0) is 17.1. The van der Waals surface area contributed by atoms with Crippen LogP contribution in [0.15, 0.2) is 60.7 Å². The Kier molecular flexibility index (Phi) is 4.17. The van der Waals surface area contributed by atoms with Crippen LogP contribution >= 0.6 is 0 Å². The topological polar surface area (TPSA) is 57.8 Å². The van der Waals surface area contributed by atoms with Crippen molar-refractivity contribution in [1.82, 2.24) is 4.57 Å². The van der Waals surface area contributed by atoms with Crippen molar-refractivity contribution in [1.29, 1.82) is 5.26 Å². The van der Waals surface area contributed by atoms with E-state index in [1.165, 1.54) is 0 Å². The minimum atomic E-state index is -0.197. The molecule has 1 aromatic heterocycles. The minimum absolute atomic E-state index is 0.197. The number of nitriles is 1. The van der Waals surface area contributed by atoms with Crippen LogP contribution in [0.25, 0.3) is 5.69 Å². The molecule has 1 amide bonds. The Balaban J connectivity index is 1.80. The number of rotatable bonds is 3. The van der Waals surface area contributed by atoms with Crippen molar-refractivity contribution in [2.75, 3.05) is 5.32 Å². The number of carbonyl (C=O) groups is 1. The number of hydrogen-bond donors (Lipinski definition) is 1. The quantitative estimate of drug-likeness (QED) is 0.786. The summed E-state index contributed by atoms with van der Waals surface area (Å²) in [7, 11) is 0. The van der Waals surface area contributed by atoms with Crippen molar-refractivity contribution in [3.05, 3.63) is 83.2 Å². The zero-order valence-corrected chi connectivity index (χ0v) is 13.6. The molecule has 0 atom stereocenters. The Morgan fingerprint density at radius 3 is 2.29 bits per heavy atom. The number of aryl methyl sites for hydroxylation is 2. The molecule has 0 saturated heterocycles. The van der Waals surface area contributed by atoms with Gasteiger partial charge in [0.1, 0.15) is 0 Å². The fourth-order valence-corrected chi connectivity index (χ4v) is 2.71. The second-order valence-corrected chi connectivity index (χ2v) is 5.65. The fourth-order valence-electron chi connectivity index (χ4n) is 2.71. The molecule has 0 radical (unpaired) electrons. The van der Waals surface area contributed by atoms with E-state index in [9.17, 15) is 4.79 Å². The highest BCUT2D eigenvalue weighted by atomic mass is 16.1. The average Bonchev–Trinajstić information content (AvgIpc) is 2.94. The van der Waals surface area contributed by atoms with Gasteiger partial charge >= 0.3 is 0 Å². The van der Waals surface area contributed by atoms with Crippen LogP contribution in [0.3, 0.4) is 0 Å². The van der Waals surface area contributed by atoms with Gasteiger partial charge in [-0.05, 0) is 68.4 Å². The first-order chi connectivity index (χ1) is 11.6. The molecule has 3 rings (SSSR count). The Morgan fingerprint density at radius 1 is 1.00 bits per heavy atom. The summed E-state index contributed by atoms with van der Waals surface area (Å²) in [6.07, 6.45) is 0. The van der Waals surface area contributed by atoms with Crippen LogP contribution in [0.1, 0.15) is 27.3 Å². The molecule has 0 unspecified atom stereocenters. The molecule has 0 aliphatic rings. The van der Waals surface area contributed by atoms with Crippen LogP contribution in [0.4, 0.5) is 5.69 Å². The Labute approximate surface area is 141 Å². The summed E-state index contributed by atoms with van der Waals surface area (Å²) in [5, 5.41) is 11.7. The van der Waals surface area contributed by atoms with Crippen LogP contribution < -0.4 is 5.32 Å². The normalized spacial score (nSPS) is 10.2. The highest BCUT2D eigenvalue weighted by Gasteiger charge is 2.08. The molecule has 4 heteroatoms. The number of aromatic nitrogens is 1. The van der Waals surface area contributed by atoms with E-state index in [0.29, 0.717) is 16.8 Å². The smallest absolute Gasteiger partial charge is 0.255 e. The summed E-state index contributed by atoms with van der Waals surface area (Å²) in [4.78, 5) is 12.3. The highest BCUT2D eigenvalue weighted by molar-refractivity contribution is 6.04. The summed E-state index contributed by atoms with van der Waals surface area (Å²) >= 11 is 0. The standard InChI is InChI=1S/C20H17N3O/c1-14-6-7-15(2)23(14)19-10-8-17(9-11-19)20(24)22-18-5-3-4-16(12-18)13-21/h3-12H,1-2H3,(H,22,24). The second-order valence-electron chi connectivity index (χ2n) is 5.65. The molecule has 0 spiro atoms. The van der Waals surface area contributed by atoms with Gasteiger partial charge in [0.25, 0.3) is 5.91 Å². The van der Waals surface area contributed by atoms with Gasteiger partial charge in [-0.1, -0.05) is 6.07 Å². The van der Waals surface area contributed by atoms with E-state index in [0.717, 1.165) is 17.1 Å². The third kappa shape index (κ3) is 3.06. The van der Waals surface area contributed by atoms with E-state index in [2.05, 4.69) is 41.9 Å². The molecule has 0 aliphatic carbocycles. The molecule has 3 aromatic rings. The first-order valence-electron chi connectivity index (χ1n) is 7.65. The number of benzene rings is 2. The SMILES string of the molecule is Cc1ccc(C)n1-c1ccc(C(=O)Nc2cccc(C#N)c2)cc1. The monoisotopic (exact) mass is 315 g/mol. The van der Waals surface area contributed by atoms with Gasteiger partial charge in [-0.25, -0.2) is 0 Å². The minimum Gasteiger partial charge on any atom is -0.322 e. The first-order valence-corrected chi connectivity index (χ1v) is 7.65. The third-order valence-electron chi connectivity index (χ3n) is 3.91. The fraction of sp³-hybridized carbons (Fsp3) is 0.100. The predicted molar refractivity (Wildman–Crippen MR) is 94.4 cm³/mol. The molecule has 1 heterocycles. The molecule has 4 nitrogen and oxygen atoms in total. The van der Waals surface area contributed by atoms with Crippen molar-refractivity contribution >= 4 is 11.6 Å². The first kappa shape index (κ1) is 15.6. The van der Waals surface area contributed by atoms with Crippen LogP contribution in [-0.2, 0) is 0 Å². The molecular formula is C20H17N3O. The molecule has 2 aromatic carbocycles. The largest absolute Gasteiger partial charge is 0.322 e. The molecule has 0 bridgehead atoms. The van der Waals surface area contributed by atoms with Crippen LogP contribution in [0, 0.1) is 25.2 Å². The number of nitrogens with one attached hydrogen (secondary N) is 1. The van der Waals surface area contributed by atoms with Gasteiger partial charge in [0.15, 0.2) is 0 Å². The summed E-state index contributed by atoms with van der Waals surface area (Å²) in [5.41, 5.74) is 5.03. The second kappa shape index (κ2) is 6.43. The van der Waals surface area contributed by atoms with Crippen LogP contribution in [0.2, 0.25) is 0 Å². The van der Waals surface area contributed by atoms with E-state index in [1.54, 1.807) is 36.4 Å². The van der Waals surface area contributed by atoms with Crippen molar-refractivity contribution in [2.24, 2.45) is 0 Å².